The van der Waals surface area contributed by atoms with Crippen LogP contribution < -0.4 is 5.32 Å². The van der Waals surface area contributed by atoms with Crippen molar-refractivity contribution >= 4 is 52.5 Å². The van der Waals surface area contributed by atoms with Gasteiger partial charge in [-0.25, -0.2) is 0 Å². The predicted octanol–water partition coefficient (Wildman–Crippen LogP) is 3.47. The average Bonchev–Trinajstić information content (AvgIpc) is 2.41. The highest BCUT2D eigenvalue weighted by Crippen LogP contribution is 2.25. The molecule has 1 unspecified atom stereocenters. The summed E-state index contributed by atoms with van der Waals surface area (Å²) < 4.78 is 4.61. The lowest BCUT2D eigenvalue weighted by atomic mass is 10.2. The van der Waals surface area contributed by atoms with E-state index in [1.807, 2.05) is 0 Å². The van der Waals surface area contributed by atoms with Crippen molar-refractivity contribution in [3.63, 3.8) is 0 Å². The number of hydrogen-bond donors (Lipinski definition) is 1. The topological polar surface area (TPSA) is 55.4 Å². The number of esters is 1. The molecule has 0 aliphatic carbocycles. The molecule has 1 atom stereocenters. The van der Waals surface area contributed by atoms with Crippen molar-refractivity contribution in [1.82, 2.24) is 0 Å². The fraction of sp³-hybridized carbons (Fsp3) is 0.385. The highest BCUT2D eigenvalue weighted by Gasteiger charge is 2.13. The molecule has 20 heavy (non-hydrogen) atoms. The molecular weight excluding hydrogens is 321 g/mol. The van der Waals surface area contributed by atoms with E-state index in [0.717, 1.165) is 0 Å². The summed E-state index contributed by atoms with van der Waals surface area (Å²) >= 11 is 13.0. The van der Waals surface area contributed by atoms with Crippen LogP contribution in [-0.4, -0.2) is 30.5 Å². The maximum absolute atomic E-state index is 11.7. The van der Waals surface area contributed by atoms with Gasteiger partial charge in [-0.05, 0) is 18.2 Å². The van der Waals surface area contributed by atoms with Crippen LogP contribution in [-0.2, 0) is 14.3 Å². The Bertz CT molecular complexity index is 497. The summed E-state index contributed by atoms with van der Waals surface area (Å²) in [6.07, 6.45) is 0. The number of thioether (sulfide) groups is 1. The van der Waals surface area contributed by atoms with Crippen LogP contribution in [0, 0.1) is 5.92 Å². The Morgan fingerprint density at radius 1 is 1.35 bits per heavy atom. The number of ether oxygens (including phenoxy) is 1. The number of amides is 1. The zero-order valence-corrected chi connectivity index (χ0v) is 13.4. The molecule has 1 rings (SSSR count). The number of methoxy groups -OCH3 is 1. The lowest BCUT2D eigenvalue weighted by Gasteiger charge is -2.09. The van der Waals surface area contributed by atoms with E-state index in [2.05, 4.69) is 10.1 Å². The fourth-order valence-electron chi connectivity index (χ4n) is 1.37. The van der Waals surface area contributed by atoms with Gasteiger partial charge in [0.1, 0.15) is 0 Å². The number of halogens is 2. The van der Waals surface area contributed by atoms with Crippen molar-refractivity contribution in [2.24, 2.45) is 5.92 Å². The van der Waals surface area contributed by atoms with Crippen LogP contribution in [0.25, 0.3) is 0 Å². The van der Waals surface area contributed by atoms with Crippen LogP contribution in [0.4, 0.5) is 5.69 Å². The molecule has 1 aromatic carbocycles. The van der Waals surface area contributed by atoms with Crippen LogP contribution in [0.15, 0.2) is 18.2 Å². The fourth-order valence-corrected chi connectivity index (χ4v) is 2.53. The summed E-state index contributed by atoms with van der Waals surface area (Å²) in [6, 6.07) is 4.88. The minimum atomic E-state index is -0.276. The molecule has 0 saturated heterocycles. The van der Waals surface area contributed by atoms with Gasteiger partial charge in [0.05, 0.1) is 28.8 Å². The second-order valence-electron chi connectivity index (χ2n) is 4.12. The van der Waals surface area contributed by atoms with E-state index >= 15 is 0 Å². The van der Waals surface area contributed by atoms with Crippen molar-refractivity contribution in [2.75, 3.05) is 23.9 Å². The largest absolute Gasteiger partial charge is 0.469 e. The Balaban J connectivity index is 2.37. The summed E-state index contributed by atoms with van der Waals surface area (Å²) in [5.74, 6) is 0.110. The van der Waals surface area contributed by atoms with Gasteiger partial charge in [0.25, 0.3) is 0 Å². The molecule has 0 aliphatic rings. The van der Waals surface area contributed by atoms with Gasteiger partial charge in [-0.2, -0.15) is 11.8 Å². The molecule has 0 heterocycles. The standard InChI is InChI=1S/C13H15Cl2NO3S/c1-8(13(18)19-2)6-20-7-12(17)16-9-3-4-10(14)11(15)5-9/h3-5,8H,6-7H2,1-2H3,(H,16,17). The van der Waals surface area contributed by atoms with E-state index in [1.54, 1.807) is 25.1 Å². The Hall–Kier alpha value is -0.910. The summed E-state index contributed by atoms with van der Waals surface area (Å²) in [5.41, 5.74) is 0.589. The second-order valence-corrected chi connectivity index (χ2v) is 5.96. The van der Waals surface area contributed by atoms with Gasteiger partial charge in [-0.1, -0.05) is 30.1 Å². The molecule has 1 N–H and O–H groups in total. The van der Waals surface area contributed by atoms with E-state index in [4.69, 9.17) is 23.2 Å². The van der Waals surface area contributed by atoms with Crippen LogP contribution in [0.5, 0.6) is 0 Å². The number of nitrogens with one attached hydrogen (secondary N) is 1. The molecule has 0 aromatic heterocycles. The first-order valence-corrected chi connectivity index (χ1v) is 7.75. The van der Waals surface area contributed by atoms with Crippen molar-refractivity contribution in [1.29, 1.82) is 0 Å². The monoisotopic (exact) mass is 335 g/mol. The first-order valence-electron chi connectivity index (χ1n) is 5.84. The predicted molar refractivity (Wildman–Crippen MR) is 83.6 cm³/mol. The molecule has 7 heteroatoms. The van der Waals surface area contributed by atoms with Crippen molar-refractivity contribution in [2.45, 2.75) is 6.92 Å². The molecular formula is C13H15Cl2NO3S. The number of carbonyl (C=O) groups excluding carboxylic acids is 2. The van der Waals surface area contributed by atoms with Gasteiger partial charge < -0.3 is 10.1 Å². The average molecular weight is 336 g/mol. The van der Waals surface area contributed by atoms with Crippen molar-refractivity contribution in [3.8, 4) is 0 Å². The highest BCUT2D eigenvalue weighted by molar-refractivity contribution is 8.00. The van der Waals surface area contributed by atoms with Gasteiger partial charge in [0, 0.05) is 11.4 Å². The number of rotatable bonds is 6. The Morgan fingerprint density at radius 2 is 2.05 bits per heavy atom. The summed E-state index contributed by atoms with van der Waals surface area (Å²) in [4.78, 5) is 22.9. The van der Waals surface area contributed by atoms with Gasteiger partial charge >= 0.3 is 5.97 Å². The zero-order chi connectivity index (χ0) is 15.1. The smallest absolute Gasteiger partial charge is 0.309 e. The van der Waals surface area contributed by atoms with E-state index in [1.165, 1.54) is 18.9 Å². The summed E-state index contributed by atoms with van der Waals surface area (Å²) in [5, 5.41) is 3.53. The minimum absolute atomic E-state index is 0.162. The molecule has 0 aliphatic heterocycles. The van der Waals surface area contributed by atoms with Crippen LogP contribution in [0.2, 0.25) is 10.0 Å². The Morgan fingerprint density at radius 3 is 2.65 bits per heavy atom. The van der Waals surface area contributed by atoms with Crippen LogP contribution in [0.1, 0.15) is 6.92 Å². The molecule has 1 amide bonds. The van der Waals surface area contributed by atoms with Crippen LogP contribution in [0.3, 0.4) is 0 Å². The van der Waals surface area contributed by atoms with E-state index < -0.39 is 0 Å². The lowest BCUT2D eigenvalue weighted by molar-refractivity contribution is -0.144. The Kier molecular flexibility index (Phi) is 7.19. The number of anilines is 1. The van der Waals surface area contributed by atoms with Crippen molar-refractivity contribution in [3.05, 3.63) is 28.2 Å². The number of benzene rings is 1. The maximum atomic E-state index is 11.7. The quantitative estimate of drug-likeness (QED) is 0.808. The molecule has 1 aromatic rings. The van der Waals surface area contributed by atoms with E-state index in [9.17, 15) is 9.59 Å². The molecule has 0 saturated carbocycles. The van der Waals surface area contributed by atoms with Crippen molar-refractivity contribution < 1.29 is 14.3 Å². The van der Waals surface area contributed by atoms with E-state index in [-0.39, 0.29) is 23.5 Å². The first kappa shape index (κ1) is 17.1. The SMILES string of the molecule is COC(=O)C(C)CSCC(=O)Nc1ccc(Cl)c(Cl)c1. The molecule has 4 nitrogen and oxygen atoms in total. The van der Waals surface area contributed by atoms with E-state index in [0.29, 0.717) is 21.5 Å². The third-order valence-electron chi connectivity index (χ3n) is 2.41. The third kappa shape index (κ3) is 5.61. The summed E-state index contributed by atoms with van der Waals surface area (Å²) in [7, 11) is 1.35. The zero-order valence-electron chi connectivity index (χ0n) is 11.1. The summed E-state index contributed by atoms with van der Waals surface area (Å²) in [6.45, 7) is 1.76. The minimum Gasteiger partial charge on any atom is -0.469 e. The van der Waals surface area contributed by atoms with Gasteiger partial charge in [0.2, 0.25) is 5.91 Å². The molecule has 0 radical (unpaired) electrons. The van der Waals surface area contributed by atoms with Gasteiger partial charge in [0.15, 0.2) is 0 Å². The lowest BCUT2D eigenvalue weighted by Crippen LogP contribution is -2.18. The van der Waals surface area contributed by atoms with Gasteiger partial charge in [-0.3, -0.25) is 9.59 Å². The second kappa shape index (κ2) is 8.39. The highest BCUT2D eigenvalue weighted by atomic mass is 35.5. The normalized spacial score (nSPS) is 11.8. The molecule has 110 valence electrons. The first-order chi connectivity index (χ1) is 9.43. The number of hydrogen-bond acceptors (Lipinski definition) is 4. The van der Waals surface area contributed by atoms with Crippen LogP contribution >= 0.6 is 35.0 Å². The molecule has 0 bridgehead atoms. The Labute approximate surface area is 132 Å². The maximum Gasteiger partial charge on any atom is 0.309 e. The molecule has 0 spiro atoms. The number of carbonyl (C=O) groups is 2. The third-order valence-corrected chi connectivity index (χ3v) is 4.35. The molecule has 0 fully saturated rings. The van der Waals surface area contributed by atoms with Gasteiger partial charge in [-0.15, -0.1) is 0 Å².